The summed E-state index contributed by atoms with van der Waals surface area (Å²) in [7, 11) is 1.45. The van der Waals surface area contributed by atoms with Crippen LogP contribution in [0.25, 0.3) is 11.4 Å². The van der Waals surface area contributed by atoms with E-state index in [0.717, 1.165) is 0 Å². The number of ketones is 1. The van der Waals surface area contributed by atoms with Crippen molar-refractivity contribution >= 4 is 29.0 Å². The number of hydrogen-bond donors (Lipinski definition) is 0. The zero-order valence-electron chi connectivity index (χ0n) is 10.0. The number of nitrogens with zero attached hydrogens (tertiary/aromatic N) is 2. The van der Waals surface area contributed by atoms with Crippen molar-refractivity contribution < 1.29 is 14.1 Å². The zero-order valence-corrected chi connectivity index (χ0v) is 11.5. The van der Waals surface area contributed by atoms with E-state index in [4.69, 9.17) is 32.5 Å². The van der Waals surface area contributed by atoms with Crippen molar-refractivity contribution in [2.75, 3.05) is 13.7 Å². The normalized spacial score (nSPS) is 10.7. The maximum Gasteiger partial charge on any atom is 0.234 e. The Hall–Kier alpha value is -1.43. The van der Waals surface area contributed by atoms with Gasteiger partial charge < -0.3 is 9.26 Å². The van der Waals surface area contributed by atoms with Crippen LogP contribution in [-0.4, -0.2) is 29.6 Å². The Morgan fingerprint density at radius 2 is 2.16 bits per heavy atom. The quantitative estimate of drug-likeness (QED) is 0.849. The fourth-order valence-electron chi connectivity index (χ4n) is 1.46. The Morgan fingerprint density at radius 3 is 2.84 bits per heavy atom. The minimum absolute atomic E-state index is 0.0183. The van der Waals surface area contributed by atoms with Gasteiger partial charge in [0.1, 0.15) is 6.61 Å². The second-order valence-corrected chi connectivity index (χ2v) is 4.60. The second kappa shape index (κ2) is 6.14. The highest BCUT2D eigenvalue weighted by Gasteiger charge is 2.13. The third-order valence-corrected chi connectivity index (χ3v) is 3.04. The summed E-state index contributed by atoms with van der Waals surface area (Å²) in [5.41, 5.74) is 0.670. The summed E-state index contributed by atoms with van der Waals surface area (Å²) in [6.07, 6.45) is 0.0438. The topological polar surface area (TPSA) is 65.2 Å². The molecule has 0 aliphatic heterocycles. The molecule has 0 aliphatic rings. The van der Waals surface area contributed by atoms with E-state index in [1.165, 1.54) is 7.11 Å². The molecule has 0 bridgehead atoms. The van der Waals surface area contributed by atoms with Crippen LogP contribution in [0.3, 0.4) is 0 Å². The Labute approximate surface area is 119 Å². The van der Waals surface area contributed by atoms with E-state index in [9.17, 15) is 4.79 Å². The Bertz CT molecular complexity index is 598. The monoisotopic (exact) mass is 300 g/mol. The number of benzene rings is 1. The van der Waals surface area contributed by atoms with E-state index in [0.29, 0.717) is 21.4 Å². The van der Waals surface area contributed by atoms with E-state index in [1.807, 2.05) is 0 Å². The summed E-state index contributed by atoms with van der Waals surface area (Å²) >= 11 is 11.7. The molecule has 7 heteroatoms. The van der Waals surface area contributed by atoms with Crippen LogP contribution >= 0.6 is 23.2 Å². The van der Waals surface area contributed by atoms with Gasteiger partial charge in [-0.1, -0.05) is 28.4 Å². The summed E-state index contributed by atoms with van der Waals surface area (Å²) in [6.45, 7) is 0.0183. The molecule has 0 amide bonds. The third-order valence-electron chi connectivity index (χ3n) is 2.30. The fourth-order valence-corrected chi connectivity index (χ4v) is 1.76. The standard InChI is InChI=1S/C12H10Cl2N2O3/c1-18-6-8(17)5-11-15-12(16-19-11)7-2-3-9(13)10(14)4-7/h2-4H,5-6H2,1H3. The number of halogens is 2. The van der Waals surface area contributed by atoms with Crippen molar-refractivity contribution in [3.05, 3.63) is 34.1 Å². The Morgan fingerprint density at radius 1 is 1.37 bits per heavy atom. The SMILES string of the molecule is COCC(=O)Cc1nc(-c2ccc(Cl)c(Cl)c2)no1. The molecule has 1 aromatic carbocycles. The molecular weight excluding hydrogens is 291 g/mol. The maximum atomic E-state index is 11.4. The van der Waals surface area contributed by atoms with Crippen molar-refractivity contribution in [3.8, 4) is 11.4 Å². The number of rotatable bonds is 5. The van der Waals surface area contributed by atoms with Crippen LogP contribution in [-0.2, 0) is 16.0 Å². The summed E-state index contributed by atoms with van der Waals surface area (Å²) in [4.78, 5) is 15.5. The van der Waals surface area contributed by atoms with Gasteiger partial charge in [-0.2, -0.15) is 4.98 Å². The molecule has 5 nitrogen and oxygen atoms in total. The van der Waals surface area contributed by atoms with Gasteiger partial charge in [-0.05, 0) is 18.2 Å². The smallest absolute Gasteiger partial charge is 0.234 e. The molecule has 0 spiro atoms. The van der Waals surface area contributed by atoms with E-state index in [-0.39, 0.29) is 24.7 Å². The molecule has 0 N–H and O–H groups in total. The molecule has 19 heavy (non-hydrogen) atoms. The lowest BCUT2D eigenvalue weighted by atomic mass is 10.2. The lowest BCUT2D eigenvalue weighted by Crippen LogP contribution is -2.09. The molecule has 0 saturated heterocycles. The first-order valence-electron chi connectivity index (χ1n) is 5.39. The predicted octanol–water partition coefficient (Wildman–Crippen LogP) is 2.80. The van der Waals surface area contributed by atoms with Crippen molar-refractivity contribution in [1.82, 2.24) is 10.1 Å². The number of Topliss-reactive ketones (excluding diaryl/α,β-unsaturated/α-hetero) is 1. The first kappa shape index (κ1) is 14.0. The molecule has 0 radical (unpaired) electrons. The summed E-state index contributed by atoms with van der Waals surface area (Å²) in [5, 5.41) is 4.64. The lowest BCUT2D eigenvalue weighted by molar-refractivity contribution is -0.122. The van der Waals surface area contributed by atoms with Crippen LogP contribution in [0.1, 0.15) is 5.89 Å². The molecule has 0 fully saturated rings. The van der Waals surface area contributed by atoms with Gasteiger partial charge in [0.2, 0.25) is 11.7 Å². The highest BCUT2D eigenvalue weighted by Crippen LogP contribution is 2.27. The van der Waals surface area contributed by atoms with Gasteiger partial charge in [0.15, 0.2) is 5.78 Å². The molecule has 2 aromatic rings. The van der Waals surface area contributed by atoms with Gasteiger partial charge in [-0.15, -0.1) is 0 Å². The highest BCUT2D eigenvalue weighted by atomic mass is 35.5. The van der Waals surface area contributed by atoms with E-state index < -0.39 is 0 Å². The number of carbonyl (C=O) groups excluding carboxylic acids is 1. The minimum atomic E-state index is -0.133. The van der Waals surface area contributed by atoms with Crippen molar-refractivity contribution in [2.24, 2.45) is 0 Å². The number of aromatic nitrogens is 2. The van der Waals surface area contributed by atoms with Crippen LogP contribution in [0.5, 0.6) is 0 Å². The molecule has 0 saturated carbocycles. The van der Waals surface area contributed by atoms with Crippen LogP contribution in [0, 0.1) is 0 Å². The zero-order chi connectivity index (χ0) is 13.8. The van der Waals surface area contributed by atoms with E-state index in [2.05, 4.69) is 10.1 Å². The number of carbonyl (C=O) groups is 1. The molecular formula is C12H10Cl2N2O3. The van der Waals surface area contributed by atoms with Gasteiger partial charge in [0.25, 0.3) is 0 Å². The van der Waals surface area contributed by atoms with Crippen molar-refractivity contribution in [2.45, 2.75) is 6.42 Å². The summed E-state index contributed by atoms with van der Waals surface area (Å²) in [5.74, 6) is 0.466. The van der Waals surface area contributed by atoms with Crippen LogP contribution in [0.2, 0.25) is 10.0 Å². The van der Waals surface area contributed by atoms with Crippen molar-refractivity contribution in [1.29, 1.82) is 0 Å². The Kier molecular flexibility index (Phi) is 4.52. The van der Waals surface area contributed by atoms with Crippen LogP contribution < -0.4 is 0 Å². The van der Waals surface area contributed by atoms with Gasteiger partial charge in [0, 0.05) is 12.7 Å². The first-order valence-corrected chi connectivity index (χ1v) is 6.14. The predicted molar refractivity (Wildman–Crippen MR) is 70.3 cm³/mol. The molecule has 0 unspecified atom stereocenters. The number of hydrogen-bond acceptors (Lipinski definition) is 5. The van der Waals surface area contributed by atoms with Gasteiger partial charge in [-0.25, -0.2) is 0 Å². The van der Waals surface area contributed by atoms with Gasteiger partial charge in [0.05, 0.1) is 16.5 Å². The van der Waals surface area contributed by atoms with Gasteiger partial charge >= 0.3 is 0 Å². The maximum absolute atomic E-state index is 11.4. The average Bonchev–Trinajstić information content (AvgIpc) is 2.81. The van der Waals surface area contributed by atoms with E-state index >= 15 is 0 Å². The van der Waals surface area contributed by atoms with Gasteiger partial charge in [-0.3, -0.25) is 4.79 Å². The molecule has 100 valence electrons. The van der Waals surface area contributed by atoms with Crippen LogP contribution in [0.4, 0.5) is 0 Å². The Balaban J connectivity index is 2.16. The fraction of sp³-hybridized carbons (Fsp3) is 0.250. The summed E-state index contributed by atoms with van der Waals surface area (Å²) in [6, 6.07) is 5.00. The molecule has 1 aromatic heterocycles. The second-order valence-electron chi connectivity index (χ2n) is 3.79. The number of methoxy groups -OCH3 is 1. The van der Waals surface area contributed by atoms with Crippen LogP contribution in [0.15, 0.2) is 22.7 Å². The summed E-state index contributed by atoms with van der Waals surface area (Å²) < 4.78 is 9.72. The molecule has 2 rings (SSSR count). The van der Waals surface area contributed by atoms with E-state index in [1.54, 1.807) is 18.2 Å². The largest absolute Gasteiger partial charge is 0.377 e. The highest BCUT2D eigenvalue weighted by molar-refractivity contribution is 6.42. The average molecular weight is 301 g/mol. The molecule has 1 heterocycles. The third kappa shape index (κ3) is 3.53. The van der Waals surface area contributed by atoms with Crippen molar-refractivity contribution in [3.63, 3.8) is 0 Å². The molecule has 0 aliphatic carbocycles. The first-order chi connectivity index (χ1) is 9.10. The lowest BCUT2D eigenvalue weighted by Gasteiger charge is -1.97. The minimum Gasteiger partial charge on any atom is -0.377 e. The molecule has 0 atom stereocenters. The number of ether oxygens (including phenoxy) is 1.